The van der Waals surface area contributed by atoms with Crippen LogP contribution in [0.4, 0.5) is 0 Å². The second-order valence-electron chi connectivity index (χ2n) is 7.90. The molecule has 8 heteroatoms. The van der Waals surface area contributed by atoms with Gasteiger partial charge in [-0.05, 0) is 41.5 Å². The maximum absolute atomic E-state index is 12.8. The molecule has 0 aliphatic carbocycles. The highest BCUT2D eigenvalue weighted by Crippen LogP contribution is 2.33. The molecule has 0 aliphatic rings. The largest absolute Gasteiger partial charge is 0.493 e. The molecular weight excluding hydrogens is 454 g/mol. The van der Waals surface area contributed by atoms with Gasteiger partial charge < -0.3 is 14.8 Å². The van der Waals surface area contributed by atoms with Gasteiger partial charge in [-0.2, -0.15) is 10.4 Å². The summed E-state index contributed by atoms with van der Waals surface area (Å²) in [6.45, 7) is 0.797. The molecule has 0 unspecified atom stereocenters. The molecule has 4 rings (SSSR count). The Morgan fingerprint density at radius 2 is 1.83 bits per heavy atom. The zero-order valence-electron chi connectivity index (χ0n) is 20.0. The van der Waals surface area contributed by atoms with Crippen LogP contribution in [0.5, 0.6) is 11.5 Å². The third kappa shape index (κ3) is 5.77. The Bertz CT molecular complexity index is 1410. The van der Waals surface area contributed by atoms with Crippen LogP contribution < -0.4 is 14.8 Å². The highest BCUT2D eigenvalue weighted by atomic mass is 16.5. The molecule has 8 nitrogen and oxygen atoms in total. The van der Waals surface area contributed by atoms with Gasteiger partial charge in [0.1, 0.15) is 11.6 Å². The lowest BCUT2D eigenvalue weighted by atomic mass is 10.1. The molecule has 2 aromatic carbocycles. The van der Waals surface area contributed by atoms with Gasteiger partial charge in [0.2, 0.25) is 0 Å². The van der Waals surface area contributed by atoms with Crippen molar-refractivity contribution in [2.75, 3.05) is 14.2 Å². The van der Waals surface area contributed by atoms with Crippen molar-refractivity contribution in [1.82, 2.24) is 20.1 Å². The van der Waals surface area contributed by atoms with E-state index in [2.05, 4.69) is 10.3 Å². The number of pyridine rings is 1. The Kier molecular flexibility index (Phi) is 7.73. The minimum Gasteiger partial charge on any atom is -0.493 e. The van der Waals surface area contributed by atoms with Gasteiger partial charge in [0.25, 0.3) is 5.91 Å². The number of carbonyl (C=O) groups is 1. The third-order valence-electron chi connectivity index (χ3n) is 5.48. The second-order valence-corrected chi connectivity index (χ2v) is 7.90. The lowest BCUT2D eigenvalue weighted by molar-refractivity contribution is -0.117. The van der Waals surface area contributed by atoms with Gasteiger partial charge in [-0.15, -0.1) is 0 Å². The number of aromatic nitrogens is 3. The fraction of sp³-hybridized carbons (Fsp3) is 0.143. The number of methoxy groups -OCH3 is 2. The van der Waals surface area contributed by atoms with Crippen LogP contribution in [0, 0.1) is 11.3 Å². The van der Waals surface area contributed by atoms with Crippen LogP contribution in [0.15, 0.2) is 84.8 Å². The molecule has 0 saturated carbocycles. The average molecular weight is 480 g/mol. The lowest BCUT2D eigenvalue weighted by Crippen LogP contribution is -2.24. The summed E-state index contributed by atoms with van der Waals surface area (Å²) in [6.07, 6.45) is 6.71. The Balaban J connectivity index is 1.69. The Hall–Kier alpha value is -4.90. The number of hydrogen-bond acceptors (Lipinski definition) is 6. The zero-order chi connectivity index (χ0) is 25.3. The molecule has 0 fully saturated rings. The van der Waals surface area contributed by atoms with Crippen molar-refractivity contribution >= 4 is 12.0 Å². The molecule has 2 heterocycles. The van der Waals surface area contributed by atoms with Crippen LogP contribution in [0.25, 0.3) is 17.3 Å². The molecule has 180 valence electrons. The maximum atomic E-state index is 12.8. The molecule has 4 aromatic rings. The van der Waals surface area contributed by atoms with Gasteiger partial charge in [-0.3, -0.25) is 14.5 Å². The average Bonchev–Trinajstić information content (AvgIpc) is 3.32. The van der Waals surface area contributed by atoms with Crippen molar-refractivity contribution in [3.63, 3.8) is 0 Å². The first-order valence-electron chi connectivity index (χ1n) is 11.2. The maximum Gasteiger partial charge on any atom is 0.262 e. The van der Waals surface area contributed by atoms with Crippen LogP contribution in [-0.4, -0.2) is 34.9 Å². The summed E-state index contributed by atoms with van der Waals surface area (Å²) in [5, 5.41) is 17.3. The van der Waals surface area contributed by atoms with E-state index in [9.17, 15) is 10.1 Å². The van der Waals surface area contributed by atoms with Crippen LogP contribution in [0.2, 0.25) is 0 Å². The van der Waals surface area contributed by atoms with E-state index in [1.807, 2.05) is 60.8 Å². The van der Waals surface area contributed by atoms with E-state index >= 15 is 0 Å². The van der Waals surface area contributed by atoms with E-state index in [0.717, 1.165) is 16.7 Å². The molecule has 0 radical (unpaired) electrons. The number of carbonyl (C=O) groups excluding carboxylic acids is 1. The lowest BCUT2D eigenvalue weighted by Gasteiger charge is -2.09. The third-order valence-corrected chi connectivity index (χ3v) is 5.48. The predicted octanol–water partition coefficient (Wildman–Crippen LogP) is 4.23. The molecule has 0 spiro atoms. The van der Waals surface area contributed by atoms with Crippen molar-refractivity contribution in [1.29, 1.82) is 5.26 Å². The minimum absolute atomic E-state index is 0.0279. The number of rotatable bonds is 9. The standard InChI is InChI=1S/C28H25N5O3/c1-35-25-11-10-22(14-26(25)36-2)27-24(19-33(32-27)18-20-7-4-3-5-8-20)13-23(15-29)28(34)31-17-21-9-6-12-30-16-21/h3-14,16,19H,17-18H2,1-2H3,(H,31,34)/b23-13+. The predicted molar refractivity (Wildman–Crippen MR) is 136 cm³/mol. The Morgan fingerprint density at radius 1 is 1.06 bits per heavy atom. The fourth-order valence-corrected chi connectivity index (χ4v) is 3.69. The van der Waals surface area contributed by atoms with E-state index in [0.29, 0.717) is 29.3 Å². The monoisotopic (exact) mass is 479 g/mol. The van der Waals surface area contributed by atoms with Crippen molar-refractivity contribution in [3.05, 3.63) is 102 Å². The number of nitrogens with one attached hydrogen (secondary N) is 1. The molecule has 0 atom stereocenters. The smallest absolute Gasteiger partial charge is 0.262 e. The first-order valence-corrected chi connectivity index (χ1v) is 11.2. The highest BCUT2D eigenvalue weighted by molar-refractivity contribution is 6.02. The number of hydrogen-bond donors (Lipinski definition) is 1. The van der Waals surface area contributed by atoms with Crippen molar-refractivity contribution < 1.29 is 14.3 Å². The van der Waals surface area contributed by atoms with Gasteiger partial charge >= 0.3 is 0 Å². The van der Waals surface area contributed by atoms with E-state index in [1.165, 1.54) is 0 Å². The van der Waals surface area contributed by atoms with Crippen LogP contribution in [0.3, 0.4) is 0 Å². The van der Waals surface area contributed by atoms with Gasteiger partial charge in [-0.25, -0.2) is 0 Å². The molecule has 0 bridgehead atoms. The highest BCUT2D eigenvalue weighted by Gasteiger charge is 2.16. The SMILES string of the molecule is COc1ccc(-c2nn(Cc3ccccc3)cc2/C=C(\C#N)C(=O)NCc2cccnc2)cc1OC. The van der Waals surface area contributed by atoms with Crippen molar-refractivity contribution in [2.45, 2.75) is 13.1 Å². The van der Waals surface area contributed by atoms with E-state index in [1.54, 1.807) is 49.5 Å². The number of amides is 1. The van der Waals surface area contributed by atoms with Crippen molar-refractivity contribution in [3.8, 4) is 28.8 Å². The number of ether oxygens (including phenoxy) is 2. The molecular formula is C28H25N5O3. The molecule has 2 aromatic heterocycles. The van der Waals surface area contributed by atoms with Crippen LogP contribution in [-0.2, 0) is 17.9 Å². The molecule has 0 aliphatic heterocycles. The van der Waals surface area contributed by atoms with Gasteiger partial charge in [0, 0.05) is 36.3 Å². The summed E-state index contributed by atoms with van der Waals surface area (Å²) in [5.41, 5.74) is 3.89. The zero-order valence-corrected chi connectivity index (χ0v) is 20.0. The van der Waals surface area contributed by atoms with Gasteiger partial charge in [0.05, 0.1) is 26.5 Å². The normalized spacial score (nSPS) is 11.0. The first-order chi connectivity index (χ1) is 17.6. The number of nitrogens with zero attached hydrogens (tertiary/aromatic N) is 4. The first kappa shape index (κ1) is 24.2. The summed E-state index contributed by atoms with van der Waals surface area (Å²) in [4.78, 5) is 16.8. The van der Waals surface area contributed by atoms with Gasteiger partial charge in [-0.1, -0.05) is 36.4 Å². The summed E-state index contributed by atoms with van der Waals surface area (Å²) >= 11 is 0. The fourth-order valence-electron chi connectivity index (χ4n) is 3.69. The Labute approximate surface area is 209 Å². The summed E-state index contributed by atoms with van der Waals surface area (Å²) in [7, 11) is 3.14. The summed E-state index contributed by atoms with van der Waals surface area (Å²) in [5.74, 6) is 0.669. The van der Waals surface area contributed by atoms with E-state index < -0.39 is 5.91 Å². The topological polar surface area (TPSA) is 102 Å². The number of benzene rings is 2. The van der Waals surface area contributed by atoms with E-state index in [4.69, 9.17) is 14.6 Å². The molecule has 36 heavy (non-hydrogen) atoms. The molecule has 1 N–H and O–H groups in total. The molecule has 0 saturated heterocycles. The van der Waals surface area contributed by atoms with Crippen LogP contribution >= 0.6 is 0 Å². The molecule has 1 amide bonds. The van der Waals surface area contributed by atoms with E-state index in [-0.39, 0.29) is 12.1 Å². The second kappa shape index (κ2) is 11.5. The van der Waals surface area contributed by atoms with Gasteiger partial charge in [0.15, 0.2) is 11.5 Å². The Morgan fingerprint density at radius 3 is 2.53 bits per heavy atom. The quantitative estimate of drug-likeness (QED) is 0.285. The van der Waals surface area contributed by atoms with Crippen LogP contribution in [0.1, 0.15) is 16.7 Å². The summed E-state index contributed by atoms with van der Waals surface area (Å²) in [6, 6.07) is 21.1. The number of nitriles is 1. The van der Waals surface area contributed by atoms with Crippen molar-refractivity contribution in [2.24, 2.45) is 0 Å². The summed E-state index contributed by atoms with van der Waals surface area (Å²) < 4.78 is 12.6. The minimum atomic E-state index is -0.476.